The summed E-state index contributed by atoms with van der Waals surface area (Å²) in [5.41, 5.74) is 1.75. The molecule has 0 heterocycles. The Morgan fingerprint density at radius 1 is 1.33 bits per heavy atom. The lowest BCUT2D eigenvalue weighted by atomic mass is 10.1. The fraction of sp³-hybridized carbons (Fsp3) is 0.385. The zero-order valence-corrected chi connectivity index (χ0v) is 11.0. The van der Waals surface area contributed by atoms with Gasteiger partial charge in [0.15, 0.2) is 6.07 Å². The van der Waals surface area contributed by atoms with E-state index in [0.717, 1.165) is 16.9 Å². The summed E-state index contributed by atoms with van der Waals surface area (Å²) in [4.78, 5) is 12.6. The van der Waals surface area contributed by atoms with Gasteiger partial charge >= 0.3 is 5.91 Å². The highest BCUT2D eigenvalue weighted by atomic mass is 16.5. The molecular weight excluding hydrogens is 232 g/mol. The third kappa shape index (κ3) is 2.92. The predicted molar refractivity (Wildman–Crippen MR) is 66.4 cm³/mol. The van der Waals surface area contributed by atoms with E-state index in [1.807, 2.05) is 19.1 Å². The summed E-state index contributed by atoms with van der Waals surface area (Å²) in [6.45, 7) is 2.21. The van der Waals surface area contributed by atoms with Crippen molar-refractivity contribution >= 4 is 5.91 Å². The Morgan fingerprint density at radius 3 is 2.44 bits per heavy atom. The monoisotopic (exact) mass is 248 g/mol. The molecule has 0 saturated carbocycles. The first-order valence-corrected chi connectivity index (χ1v) is 5.40. The molecule has 0 unspecified atom stereocenters. The van der Waals surface area contributed by atoms with Gasteiger partial charge in [-0.05, 0) is 24.6 Å². The third-order valence-corrected chi connectivity index (χ3v) is 2.65. The minimum absolute atomic E-state index is 0.298. The smallest absolute Gasteiger partial charge is 0.325 e. The zero-order valence-electron chi connectivity index (χ0n) is 11.0. The number of carbonyl (C=O) groups excluding carboxylic acids is 1. The maximum atomic E-state index is 11.2. The number of rotatable bonds is 4. The molecule has 0 aliphatic heterocycles. The highest BCUT2D eigenvalue weighted by Crippen LogP contribution is 2.28. The Morgan fingerprint density at radius 2 is 1.94 bits per heavy atom. The Hall–Kier alpha value is -2.22. The SMILES string of the molecule is COc1cc(CN(C)C(=O)C#N)c(OC)cc1C. The highest BCUT2D eigenvalue weighted by Gasteiger charge is 2.13. The van der Waals surface area contributed by atoms with E-state index in [-0.39, 0.29) is 0 Å². The van der Waals surface area contributed by atoms with E-state index in [1.54, 1.807) is 27.3 Å². The molecule has 0 fully saturated rings. The fourth-order valence-electron chi connectivity index (χ4n) is 1.65. The van der Waals surface area contributed by atoms with Gasteiger partial charge in [0, 0.05) is 12.6 Å². The van der Waals surface area contributed by atoms with Gasteiger partial charge in [0.05, 0.1) is 20.8 Å². The molecule has 0 aromatic heterocycles. The number of nitrogens with zero attached hydrogens (tertiary/aromatic N) is 2. The standard InChI is InChI=1S/C13H16N2O3/c1-9-5-12(18-4)10(6-11(9)17-3)8-15(2)13(16)7-14/h5-6H,8H2,1-4H3. The number of hydrogen-bond acceptors (Lipinski definition) is 4. The first-order valence-electron chi connectivity index (χ1n) is 5.40. The third-order valence-electron chi connectivity index (χ3n) is 2.65. The van der Waals surface area contributed by atoms with Gasteiger partial charge in [0.1, 0.15) is 11.5 Å². The number of carbonyl (C=O) groups is 1. The first kappa shape index (κ1) is 13.8. The van der Waals surface area contributed by atoms with Crippen molar-refractivity contribution in [2.45, 2.75) is 13.5 Å². The van der Waals surface area contributed by atoms with Crippen LogP contribution in [0, 0.1) is 18.3 Å². The second kappa shape index (κ2) is 5.92. The summed E-state index contributed by atoms with van der Waals surface area (Å²) in [6, 6.07) is 5.24. The van der Waals surface area contributed by atoms with Gasteiger partial charge in [-0.25, -0.2) is 0 Å². The average molecular weight is 248 g/mol. The summed E-state index contributed by atoms with van der Waals surface area (Å²) in [5.74, 6) is 0.811. The van der Waals surface area contributed by atoms with E-state index in [9.17, 15) is 4.79 Å². The van der Waals surface area contributed by atoms with Gasteiger partial charge in [0.2, 0.25) is 0 Å². The molecule has 96 valence electrons. The lowest BCUT2D eigenvalue weighted by Crippen LogP contribution is -2.24. The van der Waals surface area contributed by atoms with E-state index in [0.29, 0.717) is 12.3 Å². The highest BCUT2D eigenvalue weighted by molar-refractivity contribution is 5.91. The molecule has 0 aliphatic carbocycles. The van der Waals surface area contributed by atoms with Gasteiger partial charge in [-0.3, -0.25) is 4.79 Å². The molecule has 0 spiro atoms. The summed E-state index contributed by atoms with van der Waals surface area (Å²) in [5, 5.41) is 8.56. The number of methoxy groups -OCH3 is 2. The van der Waals surface area contributed by atoms with E-state index < -0.39 is 5.91 Å². The molecule has 5 nitrogen and oxygen atoms in total. The van der Waals surface area contributed by atoms with E-state index in [4.69, 9.17) is 14.7 Å². The van der Waals surface area contributed by atoms with Crippen molar-refractivity contribution in [3.05, 3.63) is 23.3 Å². The molecule has 0 saturated heterocycles. The average Bonchev–Trinajstić information content (AvgIpc) is 2.38. The van der Waals surface area contributed by atoms with Gasteiger partial charge < -0.3 is 14.4 Å². The minimum Gasteiger partial charge on any atom is -0.496 e. The molecule has 0 N–H and O–H groups in total. The van der Waals surface area contributed by atoms with Gasteiger partial charge in [-0.1, -0.05) is 0 Å². The maximum absolute atomic E-state index is 11.2. The van der Waals surface area contributed by atoms with Crippen LogP contribution in [0.5, 0.6) is 11.5 Å². The molecule has 0 aliphatic rings. The number of nitriles is 1. The molecular formula is C13H16N2O3. The van der Waals surface area contributed by atoms with E-state index in [1.165, 1.54) is 4.90 Å². The Labute approximate surface area is 107 Å². The van der Waals surface area contributed by atoms with Crippen molar-refractivity contribution in [2.75, 3.05) is 21.3 Å². The van der Waals surface area contributed by atoms with Gasteiger partial charge in [-0.2, -0.15) is 5.26 Å². The summed E-state index contributed by atoms with van der Waals surface area (Å²) in [6.07, 6.45) is 0. The second-order valence-electron chi connectivity index (χ2n) is 3.91. The largest absolute Gasteiger partial charge is 0.496 e. The molecule has 1 aromatic carbocycles. The molecule has 18 heavy (non-hydrogen) atoms. The molecule has 1 amide bonds. The topological polar surface area (TPSA) is 62.6 Å². The van der Waals surface area contributed by atoms with Crippen LogP contribution in [0.2, 0.25) is 0 Å². The van der Waals surface area contributed by atoms with E-state index >= 15 is 0 Å². The summed E-state index contributed by atoms with van der Waals surface area (Å²) >= 11 is 0. The number of aryl methyl sites for hydroxylation is 1. The Bertz CT molecular complexity index is 492. The van der Waals surface area contributed by atoms with Crippen molar-refractivity contribution < 1.29 is 14.3 Å². The number of amides is 1. The van der Waals surface area contributed by atoms with Gasteiger partial charge in [0.25, 0.3) is 0 Å². The number of benzene rings is 1. The lowest BCUT2D eigenvalue weighted by molar-refractivity contribution is -0.124. The van der Waals surface area contributed by atoms with Crippen molar-refractivity contribution in [1.29, 1.82) is 5.26 Å². The van der Waals surface area contributed by atoms with Crippen LogP contribution in [0.4, 0.5) is 0 Å². The fourth-order valence-corrected chi connectivity index (χ4v) is 1.65. The molecule has 0 bridgehead atoms. The van der Waals surface area contributed by atoms with Crippen LogP contribution in [0.3, 0.4) is 0 Å². The predicted octanol–water partition coefficient (Wildman–Crippen LogP) is 1.49. The van der Waals surface area contributed by atoms with Crippen molar-refractivity contribution in [3.63, 3.8) is 0 Å². The zero-order chi connectivity index (χ0) is 13.7. The Balaban J connectivity index is 3.07. The van der Waals surface area contributed by atoms with Crippen LogP contribution < -0.4 is 9.47 Å². The van der Waals surface area contributed by atoms with E-state index in [2.05, 4.69) is 0 Å². The molecule has 1 rings (SSSR count). The van der Waals surface area contributed by atoms with Crippen molar-refractivity contribution in [3.8, 4) is 17.6 Å². The second-order valence-corrected chi connectivity index (χ2v) is 3.91. The molecule has 0 radical (unpaired) electrons. The summed E-state index contributed by atoms with van der Waals surface area (Å²) in [7, 11) is 4.72. The molecule has 0 atom stereocenters. The van der Waals surface area contributed by atoms with Crippen LogP contribution >= 0.6 is 0 Å². The number of ether oxygens (including phenoxy) is 2. The van der Waals surface area contributed by atoms with Crippen LogP contribution in [0.15, 0.2) is 12.1 Å². The minimum atomic E-state index is -0.586. The van der Waals surface area contributed by atoms with Crippen LogP contribution in [-0.2, 0) is 11.3 Å². The number of hydrogen-bond donors (Lipinski definition) is 0. The normalized spacial score (nSPS) is 9.50. The van der Waals surface area contributed by atoms with Crippen LogP contribution in [-0.4, -0.2) is 32.1 Å². The van der Waals surface area contributed by atoms with Crippen molar-refractivity contribution in [1.82, 2.24) is 4.90 Å². The molecule has 5 heteroatoms. The quantitative estimate of drug-likeness (QED) is 0.757. The van der Waals surface area contributed by atoms with Gasteiger partial charge in [-0.15, -0.1) is 0 Å². The van der Waals surface area contributed by atoms with Crippen LogP contribution in [0.25, 0.3) is 0 Å². The molecule has 1 aromatic rings. The lowest BCUT2D eigenvalue weighted by Gasteiger charge is -2.17. The first-order chi connectivity index (χ1) is 8.53. The summed E-state index contributed by atoms with van der Waals surface area (Å²) < 4.78 is 10.5. The van der Waals surface area contributed by atoms with Crippen molar-refractivity contribution in [2.24, 2.45) is 0 Å². The Kier molecular flexibility index (Phi) is 4.55. The van der Waals surface area contributed by atoms with Crippen LogP contribution in [0.1, 0.15) is 11.1 Å². The maximum Gasteiger partial charge on any atom is 0.325 e.